The van der Waals surface area contributed by atoms with Gasteiger partial charge in [0, 0.05) is 6.42 Å². The first-order valence-electron chi connectivity index (χ1n) is 5.18. The average Bonchev–Trinajstić information content (AvgIpc) is 2.85. The van der Waals surface area contributed by atoms with Gasteiger partial charge in [-0.1, -0.05) is 35.2 Å². The molecule has 1 N–H and O–H groups in total. The van der Waals surface area contributed by atoms with Gasteiger partial charge in [0.05, 0.1) is 9.90 Å². The summed E-state index contributed by atoms with van der Waals surface area (Å²) in [6.07, 6.45) is 1.15. The van der Waals surface area contributed by atoms with E-state index in [1.54, 1.807) is 6.07 Å². The van der Waals surface area contributed by atoms with E-state index >= 15 is 0 Å². The SMILES string of the molecule is CCCC(=O)Nc1nnc(-c2cc(Cl)sc2Cl)o1. The molecule has 2 aromatic rings. The van der Waals surface area contributed by atoms with Gasteiger partial charge < -0.3 is 4.42 Å². The lowest BCUT2D eigenvalue weighted by molar-refractivity contribution is -0.116. The molecule has 1 amide bonds. The number of amides is 1. The summed E-state index contributed by atoms with van der Waals surface area (Å²) >= 11 is 13.0. The van der Waals surface area contributed by atoms with Crippen LogP contribution in [0.15, 0.2) is 10.5 Å². The lowest BCUT2D eigenvalue weighted by Gasteiger charge is -1.96. The zero-order valence-electron chi connectivity index (χ0n) is 9.37. The van der Waals surface area contributed by atoms with E-state index in [4.69, 9.17) is 27.6 Å². The van der Waals surface area contributed by atoms with Gasteiger partial charge in [-0.15, -0.1) is 16.4 Å². The molecule has 0 aliphatic rings. The quantitative estimate of drug-likeness (QED) is 0.931. The molecule has 5 nitrogen and oxygen atoms in total. The molecule has 0 atom stereocenters. The summed E-state index contributed by atoms with van der Waals surface area (Å²) < 4.78 is 6.29. The minimum atomic E-state index is -0.165. The molecule has 0 aliphatic carbocycles. The van der Waals surface area contributed by atoms with E-state index in [-0.39, 0.29) is 17.8 Å². The van der Waals surface area contributed by atoms with Crippen LogP contribution >= 0.6 is 34.5 Å². The molecule has 2 rings (SSSR count). The highest BCUT2D eigenvalue weighted by molar-refractivity contribution is 7.20. The van der Waals surface area contributed by atoms with Crippen molar-refractivity contribution in [1.29, 1.82) is 0 Å². The van der Waals surface area contributed by atoms with Gasteiger partial charge >= 0.3 is 6.01 Å². The molecule has 0 saturated heterocycles. The van der Waals surface area contributed by atoms with Crippen molar-refractivity contribution < 1.29 is 9.21 Å². The van der Waals surface area contributed by atoms with Gasteiger partial charge in [-0.05, 0) is 12.5 Å². The van der Waals surface area contributed by atoms with Gasteiger partial charge in [-0.3, -0.25) is 10.1 Å². The lowest BCUT2D eigenvalue weighted by Crippen LogP contribution is -2.10. The van der Waals surface area contributed by atoms with Gasteiger partial charge in [0.25, 0.3) is 5.89 Å². The molecule has 0 fully saturated rings. The van der Waals surface area contributed by atoms with Crippen molar-refractivity contribution in [3.05, 3.63) is 14.7 Å². The minimum Gasteiger partial charge on any atom is -0.403 e. The Kier molecular flexibility index (Phi) is 4.21. The zero-order chi connectivity index (χ0) is 13.1. The second kappa shape index (κ2) is 5.69. The maximum absolute atomic E-state index is 11.3. The molecule has 0 saturated carbocycles. The monoisotopic (exact) mass is 305 g/mol. The van der Waals surface area contributed by atoms with Gasteiger partial charge in [0.2, 0.25) is 5.91 Å². The van der Waals surface area contributed by atoms with Crippen molar-refractivity contribution in [2.75, 3.05) is 5.32 Å². The Bertz CT molecular complexity index is 567. The molecular formula is C10H9Cl2N3O2S. The smallest absolute Gasteiger partial charge is 0.322 e. The third-order valence-electron chi connectivity index (χ3n) is 2.04. The summed E-state index contributed by atoms with van der Waals surface area (Å²) in [5.74, 6) is 0.0668. The summed E-state index contributed by atoms with van der Waals surface area (Å²) in [4.78, 5) is 11.3. The van der Waals surface area contributed by atoms with Crippen LogP contribution in [0.5, 0.6) is 0 Å². The number of aromatic nitrogens is 2. The third-order valence-corrected chi connectivity index (χ3v) is 3.52. The first-order chi connectivity index (χ1) is 8.60. The minimum absolute atomic E-state index is 0.0573. The fraction of sp³-hybridized carbons (Fsp3) is 0.300. The van der Waals surface area contributed by atoms with Crippen molar-refractivity contribution in [1.82, 2.24) is 10.2 Å². The Balaban J connectivity index is 2.15. The van der Waals surface area contributed by atoms with E-state index in [1.807, 2.05) is 6.92 Å². The molecule has 2 heterocycles. The summed E-state index contributed by atoms with van der Waals surface area (Å²) in [6.45, 7) is 1.91. The van der Waals surface area contributed by atoms with E-state index in [2.05, 4.69) is 15.5 Å². The molecule has 8 heteroatoms. The molecule has 18 heavy (non-hydrogen) atoms. The molecular weight excluding hydrogens is 297 g/mol. The van der Waals surface area contributed by atoms with Crippen LogP contribution in [0.4, 0.5) is 6.01 Å². The first kappa shape index (κ1) is 13.3. The topological polar surface area (TPSA) is 68.0 Å². The highest BCUT2D eigenvalue weighted by atomic mass is 35.5. The largest absolute Gasteiger partial charge is 0.403 e. The molecule has 2 aromatic heterocycles. The van der Waals surface area contributed by atoms with Crippen molar-refractivity contribution in [3.8, 4) is 11.5 Å². The average molecular weight is 306 g/mol. The molecule has 0 bridgehead atoms. The van der Waals surface area contributed by atoms with E-state index < -0.39 is 0 Å². The van der Waals surface area contributed by atoms with Crippen LogP contribution in [0.25, 0.3) is 11.5 Å². The number of anilines is 1. The highest BCUT2D eigenvalue weighted by Gasteiger charge is 2.16. The standard InChI is InChI=1S/C10H9Cl2N3O2S/c1-2-3-7(16)13-10-15-14-9(17-10)5-4-6(11)18-8(5)12/h4H,2-3H2,1H3,(H,13,15,16). The van der Waals surface area contributed by atoms with Gasteiger partial charge in [-0.25, -0.2) is 0 Å². The first-order valence-corrected chi connectivity index (χ1v) is 6.76. The fourth-order valence-electron chi connectivity index (χ4n) is 1.28. The Morgan fingerprint density at radius 2 is 2.28 bits per heavy atom. The summed E-state index contributed by atoms with van der Waals surface area (Å²) in [7, 11) is 0. The number of nitrogens with one attached hydrogen (secondary N) is 1. The molecule has 0 aliphatic heterocycles. The van der Waals surface area contributed by atoms with Crippen LogP contribution in [0.2, 0.25) is 8.67 Å². The van der Waals surface area contributed by atoms with Crippen molar-refractivity contribution >= 4 is 46.5 Å². The molecule has 0 spiro atoms. The van der Waals surface area contributed by atoms with Gasteiger partial charge in [-0.2, -0.15) is 0 Å². The maximum Gasteiger partial charge on any atom is 0.322 e. The van der Waals surface area contributed by atoms with E-state index in [1.165, 1.54) is 11.3 Å². The summed E-state index contributed by atoms with van der Waals surface area (Å²) in [5.41, 5.74) is 0.565. The maximum atomic E-state index is 11.3. The van der Waals surface area contributed by atoms with Crippen molar-refractivity contribution in [2.24, 2.45) is 0 Å². The Hall–Kier alpha value is -1.11. The van der Waals surface area contributed by atoms with E-state index in [9.17, 15) is 4.79 Å². The lowest BCUT2D eigenvalue weighted by atomic mass is 10.3. The molecule has 96 valence electrons. The van der Waals surface area contributed by atoms with Crippen LogP contribution in [-0.4, -0.2) is 16.1 Å². The Morgan fingerprint density at radius 3 is 2.89 bits per heavy atom. The Labute approximate surface area is 117 Å². The van der Waals surface area contributed by atoms with Crippen LogP contribution in [0.3, 0.4) is 0 Å². The number of thiophene rings is 1. The highest BCUT2D eigenvalue weighted by Crippen LogP contribution is 2.37. The summed E-state index contributed by atoms with van der Waals surface area (Å²) in [6, 6.07) is 1.70. The number of carbonyl (C=O) groups is 1. The van der Waals surface area contributed by atoms with Crippen LogP contribution in [0, 0.1) is 0 Å². The fourth-order valence-corrected chi connectivity index (χ4v) is 2.73. The van der Waals surface area contributed by atoms with Crippen LogP contribution in [0.1, 0.15) is 19.8 Å². The molecule has 0 unspecified atom stereocenters. The number of halogens is 2. The molecule has 0 radical (unpaired) electrons. The molecule has 0 aromatic carbocycles. The number of hydrogen-bond acceptors (Lipinski definition) is 5. The number of hydrogen-bond donors (Lipinski definition) is 1. The Morgan fingerprint density at radius 1 is 1.50 bits per heavy atom. The second-order valence-corrected chi connectivity index (χ2v) is 5.73. The van der Waals surface area contributed by atoms with Crippen LogP contribution in [-0.2, 0) is 4.79 Å². The predicted molar refractivity (Wildman–Crippen MR) is 71.2 cm³/mol. The zero-order valence-corrected chi connectivity index (χ0v) is 11.7. The third kappa shape index (κ3) is 3.01. The number of carbonyl (C=O) groups excluding carboxylic acids is 1. The van der Waals surface area contributed by atoms with E-state index in [0.29, 0.717) is 20.7 Å². The normalized spacial score (nSPS) is 10.6. The predicted octanol–water partition coefficient (Wildman–Crippen LogP) is 3.84. The van der Waals surface area contributed by atoms with Crippen molar-refractivity contribution in [2.45, 2.75) is 19.8 Å². The van der Waals surface area contributed by atoms with Gasteiger partial charge in [0.1, 0.15) is 4.34 Å². The summed E-state index contributed by atoms with van der Waals surface area (Å²) in [5, 5.41) is 10.0. The van der Waals surface area contributed by atoms with E-state index in [0.717, 1.165) is 6.42 Å². The number of rotatable bonds is 4. The number of nitrogens with zero attached hydrogens (tertiary/aromatic N) is 2. The van der Waals surface area contributed by atoms with Gasteiger partial charge in [0.15, 0.2) is 0 Å². The van der Waals surface area contributed by atoms with Crippen molar-refractivity contribution in [3.63, 3.8) is 0 Å². The van der Waals surface area contributed by atoms with Crippen LogP contribution < -0.4 is 5.32 Å². The second-order valence-electron chi connectivity index (χ2n) is 3.45.